The van der Waals surface area contributed by atoms with Gasteiger partial charge in [0.15, 0.2) is 0 Å². The van der Waals surface area contributed by atoms with Crippen LogP contribution in [-0.2, 0) is 26.1 Å². The molecular formula is C17H22N4O6S. The highest BCUT2D eigenvalue weighted by molar-refractivity contribution is 7.89. The summed E-state index contributed by atoms with van der Waals surface area (Å²) in [5, 5.41) is 8.08. The summed E-state index contributed by atoms with van der Waals surface area (Å²) in [5.41, 5.74) is 0.814. The van der Waals surface area contributed by atoms with E-state index in [1.807, 2.05) is 0 Å². The number of esters is 1. The number of methoxy groups -OCH3 is 3. The normalized spacial score (nSPS) is 17.6. The molecule has 10 nitrogen and oxygen atoms in total. The number of nitrogens with zero attached hydrogens (tertiary/aromatic N) is 4. The minimum Gasteiger partial charge on any atom is -0.495 e. The summed E-state index contributed by atoms with van der Waals surface area (Å²) in [6.45, 7) is 0.897. The van der Waals surface area contributed by atoms with Crippen LogP contribution < -0.4 is 4.74 Å². The molecule has 11 heteroatoms. The predicted octanol–water partition coefficient (Wildman–Crippen LogP) is 0.855. The fraction of sp³-hybridized carbons (Fsp3) is 0.471. The van der Waals surface area contributed by atoms with Crippen LogP contribution in [0.1, 0.15) is 28.5 Å². The molecule has 1 aliphatic heterocycles. The lowest BCUT2D eigenvalue weighted by Gasteiger charge is -2.19. The van der Waals surface area contributed by atoms with E-state index in [2.05, 4.69) is 15.0 Å². The molecule has 2 aromatic rings. The van der Waals surface area contributed by atoms with Gasteiger partial charge in [0.2, 0.25) is 10.0 Å². The lowest BCUT2D eigenvalue weighted by atomic mass is 10.2. The Kier molecular flexibility index (Phi) is 5.96. The van der Waals surface area contributed by atoms with E-state index in [0.29, 0.717) is 25.3 Å². The molecule has 28 heavy (non-hydrogen) atoms. The van der Waals surface area contributed by atoms with Crippen molar-refractivity contribution in [2.75, 3.05) is 34.4 Å². The predicted molar refractivity (Wildman–Crippen MR) is 97.5 cm³/mol. The topological polar surface area (TPSA) is 113 Å². The third-order valence-electron chi connectivity index (χ3n) is 4.55. The van der Waals surface area contributed by atoms with Crippen molar-refractivity contribution >= 4 is 16.0 Å². The maximum Gasteiger partial charge on any atom is 0.337 e. The van der Waals surface area contributed by atoms with Crippen molar-refractivity contribution in [2.45, 2.75) is 24.0 Å². The molecule has 1 saturated heterocycles. The molecule has 1 unspecified atom stereocenters. The van der Waals surface area contributed by atoms with E-state index < -0.39 is 16.0 Å². The fourth-order valence-electron chi connectivity index (χ4n) is 3.11. The second-order valence-corrected chi connectivity index (χ2v) is 8.19. The molecule has 0 saturated carbocycles. The van der Waals surface area contributed by atoms with Crippen molar-refractivity contribution in [3.8, 4) is 5.75 Å². The van der Waals surface area contributed by atoms with Crippen molar-refractivity contribution in [1.29, 1.82) is 0 Å². The highest BCUT2D eigenvalue weighted by Gasteiger charge is 2.36. The van der Waals surface area contributed by atoms with Crippen molar-refractivity contribution in [3.63, 3.8) is 0 Å². The van der Waals surface area contributed by atoms with E-state index in [4.69, 9.17) is 9.47 Å². The fourth-order valence-corrected chi connectivity index (χ4v) is 4.79. The second kappa shape index (κ2) is 8.25. The van der Waals surface area contributed by atoms with Crippen LogP contribution >= 0.6 is 0 Å². The molecule has 0 bridgehead atoms. The molecular weight excluding hydrogens is 388 g/mol. The van der Waals surface area contributed by atoms with Gasteiger partial charge in [0.05, 0.1) is 38.6 Å². The molecule has 1 aromatic carbocycles. The molecule has 1 atom stereocenters. The highest BCUT2D eigenvalue weighted by atomic mass is 32.2. The molecule has 0 spiro atoms. The van der Waals surface area contributed by atoms with Crippen molar-refractivity contribution in [3.05, 3.63) is 35.7 Å². The molecule has 152 valence electrons. The quantitative estimate of drug-likeness (QED) is 0.618. The number of carbonyl (C=O) groups is 1. The van der Waals surface area contributed by atoms with E-state index in [1.165, 1.54) is 36.7 Å². The van der Waals surface area contributed by atoms with Gasteiger partial charge in [-0.15, -0.1) is 5.10 Å². The lowest BCUT2D eigenvalue weighted by molar-refractivity contribution is 0.0600. The Bertz CT molecular complexity index is 958. The number of hydrogen-bond acceptors (Lipinski definition) is 8. The zero-order valence-corrected chi connectivity index (χ0v) is 16.7. The van der Waals surface area contributed by atoms with Gasteiger partial charge in [-0.1, -0.05) is 5.21 Å². The Morgan fingerprint density at radius 1 is 1.29 bits per heavy atom. The molecule has 1 fully saturated rings. The van der Waals surface area contributed by atoms with E-state index in [1.54, 1.807) is 18.0 Å². The van der Waals surface area contributed by atoms with Crippen LogP contribution in [0.15, 0.2) is 29.3 Å². The van der Waals surface area contributed by atoms with Gasteiger partial charge in [0, 0.05) is 20.2 Å². The number of ether oxygens (including phenoxy) is 3. The standard InChI is InChI=1S/C17H22N4O6S/c1-25-11-13-9-21(19-18-13)14-6-7-20(10-14)28(23,24)16-8-12(17(22)27-3)4-5-15(16)26-2/h4-5,8-9,14H,6-7,10-11H2,1-3H3. The van der Waals surface area contributed by atoms with Crippen molar-refractivity contribution < 1.29 is 27.4 Å². The minimum atomic E-state index is -3.88. The molecule has 0 aliphatic carbocycles. The van der Waals surface area contributed by atoms with Crippen molar-refractivity contribution in [1.82, 2.24) is 19.3 Å². The SMILES string of the molecule is COCc1cn(C2CCN(S(=O)(=O)c3cc(C(=O)OC)ccc3OC)C2)nn1. The third-order valence-corrected chi connectivity index (χ3v) is 6.44. The Morgan fingerprint density at radius 3 is 2.75 bits per heavy atom. The van der Waals surface area contributed by atoms with Gasteiger partial charge in [-0.05, 0) is 24.6 Å². The molecule has 0 N–H and O–H groups in total. The summed E-state index contributed by atoms with van der Waals surface area (Å²) in [5.74, 6) is -0.453. The van der Waals surface area contributed by atoms with Crippen LogP contribution in [0.4, 0.5) is 0 Å². The largest absolute Gasteiger partial charge is 0.495 e. The number of benzene rings is 1. The molecule has 0 radical (unpaired) electrons. The van der Waals surface area contributed by atoms with E-state index >= 15 is 0 Å². The van der Waals surface area contributed by atoms with Gasteiger partial charge in [-0.2, -0.15) is 4.31 Å². The number of carbonyl (C=O) groups excluding carboxylic acids is 1. The Labute approximate surface area is 163 Å². The maximum absolute atomic E-state index is 13.2. The molecule has 0 amide bonds. The minimum absolute atomic E-state index is 0.0720. The smallest absolute Gasteiger partial charge is 0.337 e. The highest BCUT2D eigenvalue weighted by Crippen LogP contribution is 2.32. The van der Waals surface area contributed by atoms with Crippen LogP contribution in [0, 0.1) is 0 Å². The number of rotatable bonds is 7. The molecule has 1 aromatic heterocycles. The third kappa shape index (κ3) is 3.86. The van der Waals surface area contributed by atoms with Gasteiger partial charge in [0.25, 0.3) is 0 Å². The van der Waals surface area contributed by atoms with E-state index in [9.17, 15) is 13.2 Å². The summed E-state index contributed by atoms with van der Waals surface area (Å²) in [7, 11) is 0.311. The van der Waals surface area contributed by atoms with Crippen LogP contribution in [0.25, 0.3) is 0 Å². The van der Waals surface area contributed by atoms with Crippen LogP contribution in [0.3, 0.4) is 0 Å². The van der Waals surface area contributed by atoms with E-state index in [0.717, 1.165) is 0 Å². The maximum atomic E-state index is 13.2. The Hall–Kier alpha value is -2.50. The first-order chi connectivity index (χ1) is 13.4. The number of hydrogen-bond donors (Lipinski definition) is 0. The zero-order chi connectivity index (χ0) is 20.3. The number of sulfonamides is 1. The van der Waals surface area contributed by atoms with Gasteiger partial charge in [-0.3, -0.25) is 0 Å². The van der Waals surface area contributed by atoms with E-state index in [-0.39, 0.29) is 28.8 Å². The molecule has 1 aliphatic rings. The van der Waals surface area contributed by atoms with Crippen LogP contribution in [0.2, 0.25) is 0 Å². The average Bonchev–Trinajstić information content (AvgIpc) is 3.37. The van der Waals surface area contributed by atoms with Crippen LogP contribution in [0.5, 0.6) is 5.75 Å². The van der Waals surface area contributed by atoms with Gasteiger partial charge < -0.3 is 14.2 Å². The average molecular weight is 410 g/mol. The second-order valence-electron chi connectivity index (χ2n) is 6.29. The summed E-state index contributed by atoms with van der Waals surface area (Å²) in [6, 6.07) is 4.05. The first-order valence-electron chi connectivity index (χ1n) is 8.57. The van der Waals surface area contributed by atoms with Gasteiger partial charge in [0.1, 0.15) is 16.3 Å². The number of aromatic nitrogens is 3. The summed E-state index contributed by atoms with van der Waals surface area (Å²) >= 11 is 0. The Morgan fingerprint density at radius 2 is 2.07 bits per heavy atom. The molecule has 2 heterocycles. The first-order valence-corrected chi connectivity index (χ1v) is 10.0. The molecule has 3 rings (SSSR count). The van der Waals surface area contributed by atoms with Crippen molar-refractivity contribution in [2.24, 2.45) is 0 Å². The van der Waals surface area contributed by atoms with Gasteiger partial charge in [-0.25, -0.2) is 17.9 Å². The van der Waals surface area contributed by atoms with Gasteiger partial charge >= 0.3 is 5.97 Å². The first kappa shape index (κ1) is 20.2. The van der Waals surface area contributed by atoms with Crippen LogP contribution in [-0.4, -0.2) is 68.1 Å². The summed E-state index contributed by atoms with van der Waals surface area (Å²) in [4.78, 5) is 11.7. The monoisotopic (exact) mass is 410 g/mol. The zero-order valence-electron chi connectivity index (χ0n) is 15.9. The summed E-state index contributed by atoms with van der Waals surface area (Å²) in [6.07, 6.45) is 2.34. The Balaban J connectivity index is 1.86. The lowest BCUT2D eigenvalue weighted by Crippen LogP contribution is -2.30. The summed E-state index contributed by atoms with van der Waals surface area (Å²) < 4.78 is 44.3.